The van der Waals surface area contributed by atoms with Crippen molar-refractivity contribution in [2.45, 2.75) is 57.8 Å². The van der Waals surface area contributed by atoms with Gasteiger partial charge in [-0.2, -0.15) is 0 Å². The Morgan fingerprint density at radius 2 is 1.95 bits per heavy atom. The van der Waals surface area contributed by atoms with Gasteiger partial charge in [-0.1, -0.05) is 38.5 Å². The molecule has 2 heterocycles. The van der Waals surface area contributed by atoms with Gasteiger partial charge in [-0.05, 0) is 54.2 Å². The second-order valence-corrected chi connectivity index (χ2v) is 10.7. The Morgan fingerprint density at radius 1 is 1.15 bits per heavy atom. The van der Waals surface area contributed by atoms with Gasteiger partial charge in [0.05, 0.1) is 38.1 Å². The minimum atomic E-state index is -0.488. The molecule has 2 aliphatic rings. The van der Waals surface area contributed by atoms with Gasteiger partial charge in [0.2, 0.25) is 5.91 Å². The number of nitrogens with zero attached hydrogens (tertiary/aromatic N) is 2. The number of anilines is 1. The van der Waals surface area contributed by atoms with Crippen LogP contribution in [0.4, 0.5) is 5.69 Å². The number of ether oxygens (including phenoxy) is 4. The van der Waals surface area contributed by atoms with Crippen LogP contribution in [0.15, 0.2) is 42.5 Å². The van der Waals surface area contributed by atoms with Crippen molar-refractivity contribution >= 4 is 11.6 Å². The number of methoxy groups -OCH3 is 2. The van der Waals surface area contributed by atoms with Gasteiger partial charge in [-0.3, -0.25) is 4.79 Å². The predicted molar refractivity (Wildman–Crippen MR) is 154 cm³/mol. The van der Waals surface area contributed by atoms with Crippen molar-refractivity contribution in [1.82, 2.24) is 4.90 Å². The van der Waals surface area contributed by atoms with Crippen molar-refractivity contribution in [3.8, 4) is 11.5 Å². The lowest BCUT2D eigenvalue weighted by Gasteiger charge is -2.40. The van der Waals surface area contributed by atoms with E-state index in [9.17, 15) is 4.79 Å². The van der Waals surface area contributed by atoms with Crippen molar-refractivity contribution < 1.29 is 23.7 Å². The highest BCUT2D eigenvalue weighted by Gasteiger charge is 2.35. The molecule has 0 unspecified atom stereocenters. The van der Waals surface area contributed by atoms with E-state index in [1.54, 1.807) is 14.2 Å². The van der Waals surface area contributed by atoms with E-state index in [4.69, 9.17) is 24.7 Å². The van der Waals surface area contributed by atoms with E-state index >= 15 is 0 Å². The Morgan fingerprint density at radius 3 is 2.67 bits per heavy atom. The van der Waals surface area contributed by atoms with Crippen LogP contribution < -0.4 is 20.1 Å². The van der Waals surface area contributed by atoms with Crippen LogP contribution in [-0.2, 0) is 20.9 Å². The lowest BCUT2D eigenvalue weighted by atomic mass is 9.86. The summed E-state index contributed by atoms with van der Waals surface area (Å²) in [5.74, 6) is 2.07. The molecule has 8 nitrogen and oxygen atoms in total. The van der Waals surface area contributed by atoms with E-state index < -0.39 is 6.04 Å². The fourth-order valence-electron chi connectivity index (χ4n) is 5.47. The zero-order chi connectivity index (χ0) is 27.8. The van der Waals surface area contributed by atoms with E-state index in [0.717, 1.165) is 61.7 Å². The van der Waals surface area contributed by atoms with Crippen molar-refractivity contribution in [2.75, 3.05) is 58.5 Å². The van der Waals surface area contributed by atoms with E-state index in [1.807, 2.05) is 30.0 Å². The lowest BCUT2D eigenvalue weighted by Crippen LogP contribution is -2.53. The summed E-state index contributed by atoms with van der Waals surface area (Å²) < 4.78 is 23.1. The number of amides is 1. The first-order valence-electron chi connectivity index (χ1n) is 14.2. The van der Waals surface area contributed by atoms with Gasteiger partial charge in [-0.25, -0.2) is 0 Å². The van der Waals surface area contributed by atoms with Gasteiger partial charge >= 0.3 is 0 Å². The third-order valence-electron chi connectivity index (χ3n) is 8.18. The quantitative estimate of drug-likeness (QED) is 0.405. The zero-order valence-electron chi connectivity index (χ0n) is 23.9. The van der Waals surface area contributed by atoms with E-state index in [1.165, 1.54) is 5.56 Å². The fraction of sp³-hybridized carbons (Fsp3) is 0.581. The molecule has 0 aromatic heterocycles. The molecule has 0 radical (unpaired) electrons. The number of nitrogens with two attached hydrogens (primary N) is 1. The smallest absolute Gasteiger partial charge is 0.239 e. The van der Waals surface area contributed by atoms with Gasteiger partial charge in [0.1, 0.15) is 18.1 Å². The van der Waals surface area contributed by atoms with Crippen LogP contribution in [0.25, 0.3) is 0 Å². The molecule has 2 aliphatic heterocycles. The average molecular weight is 540 g/mol. The SMILES string of the molecule is CC[C@H](C)[C@H](N)C(=O)N1CC[C@H](c2ccc(OC)cc2)[C@@H](OCc2ccc3c(c2)N(CCCOC)CCO3)C1. The summed E-state index contributed by atoms with van der Waals surface area (Å²) in [4.78, 5) is 17.5. The molecule has 1 saturated heterocycles. The first-order chi connectivity index (χ1) is 18.9. The molecule has 2 aromatic rings. The molecule has 4 atom stereocenters. The van der Waals surface area contributed by atoms with Gasteiger partial charge in [0, 0.05) is 39.3 Å². The molecule has 214 valence electrons. The molecule has 0 saturated carbocycles. The molecule has 2 aromatic carbocycles. The number of likely N-dealkylation sites (tertiary alicyclic amines) is 1. The third kappa shape index (κ3) is 7.24. The van der Waals surface area contributed by atoms with Gasteiger partial charge in [-0.15, -0.1) is 0 Å². The molecule has 0 spiro atoms. The Kier molecular flexibility index (Phi) is 10.5. The highest BCUT2D eigenvalue weighted by Crippen LogP contribution is 2.35. The highest BCUT2D eigenvalue weighted by molar-refractivity contribution is 5.82. The molecule has 2 N–H and O–H groups in total. The molecular formula is C31H45N3O5. The van der Waals surface area contributed by atoms with Crippen LogP contribution in [0.2, 0.25) is 0 Å². The monoisotopic (exact) mass is 539 g/mol. The van der Waals surface area contributed by atoms with Crippen LogP contribution in [-0.4, -0.2) is 76.6 Å². The molecule has 8 heteroatoms. The molecule has 39 heavy (non-hydrogen) atoms. The maximum atomic E-state index is 13.3. The van der Waals surface area contributed by atoms with Crippen LogP contribution in [0.5, 0.6) is 11.5 Å². The molecule has 1 amide bonds. The van der Waals surface area contributed by atoms with E-state index in [-0.39, 0.29) is 23.8 Å². The largest absolute Gasteiger partial charge is 0.497 e. The molecule has 0 bridgehead atoms. The molecule has 4 rings (SSSR count). The minimum Gasteiger partial charge on any atom is -0.497 e. The number of piperidine rings is 1. The predicted octanol–water partition coefficient (Wildman–Crippen LogP) is 4.21. The van der Waals surface area contributed by atoms with Crippen molar-refractivity contribution in [1.29, 1.82) is 0 Å². The summed E-state index contributed by atoms with van der Waals surface area (Å²) in [5.41, 5.74) is 9.73. The first-order valence-corrected chi connectivity index (χ1v) is 14.2. The van der Waals surface area contributed by atoms with Crippen LogP contribution >= 0.6 is 0 Å². The average Bonchev–Trinajstić information content (AvgIpc) is 2.99. The Labute approximate surface area is 233 Å². The van der Waals surface area contributed by atoms with Gasteiger partial charge < -0.3 is 34.5 Å². The second-order valence-electron chi connectivity index (χ2n) is 10.7. The fourth-order valence-corrected chi connectivity index (χ4v) is 5.47. The maximum Gasteiger partial charge on any atom is 0.239 e. The first kappa shape index (κ1) is 29.2. The third-order valence-corrected chi connectivity index (χ3v) is 8.18. The Bertz CT molecular complexity index is 1060. The van der Waals surface area contributed by atoms with Crippen molar-refractivity contribution in [2.24, 2.45) is 11.7 Å². The van der Waals surface area contributed by atoms with Gasteiger partial charge in [0.15, 0.2) is 0 Å². The van der Waals surface area contributed by atoms with Crippen molar-refractivity contribution in [3.63, 3.8) is 0 Å². The zero-order valence-corrected chi connectivity index (χ0v) is 23.9. The summed E-state index contributed by atoms with van der Waals surface area (Å²) in [6.45, 7) is 8.96. The number of rotatable bonds is 12. The lowest BCUT2D eigenvalue weighted by molar-refractivity contribution is -0.139. The van der Waals surface area contributed by atoms with Gasteiger partial charge in [0.25, 0.3) is 0 Å². The Balaban J connectivity index is 1.50. The summed E-state index contributed by atoms with van der Waals surface area (Å²) in [7, 11) is 3.41. The maximum absolute atomic E-state index is 13.3. The number of fused-ring (bicyclic) bond motifs is 1. The van der Waals surface area contributed by atoms with Crippen LogP contribution in [0.3, 0.4) is 0 Å². The Hall–Kier alpha value is -2.81. The summed E-state index contributed by atoms with van der Waals surface area (Å²) in [5, 5.41) is 0. The van der Waals surface area contributed by atoms with E-state index in [0.29, 0.717) is 26.3 Å². The summed E-state index contributed by atoms with van der Waals surface area (Å²) in [6.07, 6.45) is 2.51. The second kappa shape index (κ2) is 14.0. The topological polar surface area (TPSA) is 86.5 Å². The van der Waals surface area contributed by atoms with Crippen LogP contribution in [0.1, 0.15) is 50.2 Å². The standard InChI is InChI=1S/C31H45N3O5/c1-5-22(2)30(32)31(35)34-15-13-26(24-8-10-25(37-4)11-9-24)29(20-34)39-21-23-7-12-28-27(19-23)33(16-18-38-28)14-6-17-36-3/h7-12,19,22,26,29-30H,5-6,13-18,20-21,32H2,1-4H3/t22-,26+,29-,30-/m0/s1. The molecular weight excluding hydrogens is 494 g/mol. The number of hydrogen-bond donors (Lipinski definition) is 1. The molecule has 0 aliphatic carbocycles. The number of carbonyl (C=O) groups excluding carboxylic acids is 1. The molecule has 1 fully saturated rings. The van der Waals surface area contributed by atoms with E-state index in [2.05, 4.69) is 36.1 Å². The number of carbonyl (C=O) groups is 1. The number of benzene rings is 2. The van der Waals surface area contributed by atoms with Crippen LogP contribution in [0, 0.1) is 5.92 Å². The normalized spacial score (nSPS) is 20.6. The number of hydrogen-bond acceptors (Lipinski definition) is 7. The highest BCUT2D eigenvalue weighted by atomic mass is 16.5. The van der Waals surface area contributed by atoms with Crippen molar-refractivity contribution in [3.05, 3.63) is 53.6 Å². The summed E-state index contributed by atoms with van der Waals surface area (Å²) in [6, 6.07) is 14.0. The minimum absolute atomic E-state index is 0.0174. The summed E-state index contributed by atoms with van der Waals surface area (Å²) >= 11 is 0.